The molecule has 1 aliphatic rings. The highest BCUT2D eigenvalue weighted by Gasteiger charge is 2.23. The molecule has 0 radical (unpaired) electrons. The highest BCUT2D eigenvalue weighted by Crippen LogP contribution is 2.25. The molecule has 3 heteroatoms. The molecule has 16 heavy (non-hydrogen) atoms. The monoisotopic (exact) mass is 238 g/mol. The van der Waals surface area contributed by atoms with E-state index in [1.807, 2.05) is 18.2 Å². The van der Waals surface area contributed by atoms with Gasteiger partial charge < -0.3 is 5.73 Å². The summed E-state index contributed by atoms with van der Waals surface area (Å²) in [7, 11) is 0. The number of anilines is 1. The zero-order valence-electron chi connectivity index (χ0n) is 9.75. The van der Waals surface area contributed by atoms with E-state index in [2.05, 4.69) is 11.8 Å². The van der Waals surface area contributed by atoms with E-state index in [0.717, 1.165) is 28.9 Å². The number of nitrogens with zero attached hydrogens (tertiary/aromatic N) is 1. The van der Waals surface area contributed by atoms with Crippen molar-refractivity contribution in [3.05, 3.63) is 28.8 Å². The Labute approximate surface area is 102 Å². The van der Waals surface area contributed by atoms with E-state index in [0.29, 0.717) is 0 Å². The largest absolute Gasteiger partial charge is 0.398 e. The highest BCUT2D eigenvalue weighted by atomic mass is 35.5. The van der Waals surface area contributed by atoms with E-state index in [4.69, 9.17) is 17.3 Å². The molecule has 1 aromatic carbocycles. The van der Waals surface area contributed by atoms with Crippen LogP contribution in [0.15, 0.2) is 18.2 Å². The predicted molar refractivity (Wildman–Crippen MR) is 69.6 cm³/mol. The standard InChI is InChI=1S/C13H19ClN2/c1-2-12-4-3-7-16(12)9-10-8-11(14)5-6-13(10)15/h5-6,8,12H,2-4,7,9,15H2,1H3. The van der Waals surface area contributed by atoms with Crippen molar-refractivity contribution in [2.75, 3.05) is 12.3 Å². The lowest BCUT2D eigenvalue weighted by Crippen LogP contribution is -2.28. The third-order valence-electron chi connectivity index (χ3n) is 3.45. The van der Waals surface area contributed by atoms with Crippen LogP contribution in [0.1, 0.15) is 31.7 Å². The van der Waals surface area contributed by atoms with E-state index in [-0.39, 0.29) is 0 Å². The zero-order chi connectivity index (χ0) is 11.5. The van der Waals surface area contributed by atoms with Gasteiger partial charge in [0.15, 0.2) is 0 Å². The Bertz CT molecular complexity index is 365. The molecule has 1 saturated heterocycles. The Morgan fingerprint density at radius 2 is 2.31 bits per heavy atom. The number of hydrogen-bond acceptors (Lipinski definition) is 2. The molecule has 0 aromatic heterocycles. The van der Waals surface area contributed by atoms with Crippen LogP contribution in [0.4, 0.5) is 5.69 Å². The van der Waals surface area contributed by atoms with Crippen molar-refractivity contribution in [3.8, 4) is 0 Å². The summed E-state index contributed by atoms with van der Waals surface area (Å²) in [5.74, 6) is 0. The highest BCUT2D eigenvalue weighted by molar-refractivity contribution is 6.30. The average molecular weight is 239 g/mol. The fraction of sp³-hybridized carbons (Fsp3) is 0.538. The summed E-state index contributed by atoms with van der Waals surface area (Å²) in [6, 6.07) is 6.46. The number of benzene rings is 1. The van der Waals surface area contributed by atoms with Gasteiger partial charge in [0, 0.05) is 23.3 Å². The van der Waals surface area contributed by atoms with Crippen LogP contribution in [0, 0.1) is 0 Å². The van der Waals surface area contributed by atoms with Crippen molar-refractivity contribution in [1.82, 2.24) is 4.90 Å². The summed E-state index contributed by atoms with van der Waals surface area (Å²) >= 11 is 6.00. The minimum atomic E-state index is 0.721. The quantitative estimate of drug-likeness (QED) is 0.819. The van der Waals surface area contributed by atoms with Gasteiger partial charge in [-0.3, -0.25) is 4.90 Å². The summed E-state index contributed by atoms with van der Waals surface area (Å²) in [5.41, 5.74) is 7.98. The third-order valence-corrected chi connectivity index (χ3v) is 3.68. The molecule has 0 aliphatic carbocycles. The lowest BCUT2D eigenvalue weighted by atomic mass is 10.1. The van der Waals surface area contributed by atoms with Gasteiger partial charge in [-0.15, -0.1) is 0 Å². The molecule has 2 rings (SSSR count). The minimum Gasteiger partial charge on any atom is -0.398 e. The van der Waals surface area contributed by atoms with Gasteiger partial charge in [-0.1, -0.05) is 18.5 Å². The van der Waals surface area contributed by atoms with Gasteiger partial charge in [0.2, 0.25) is 0 Å². The average Bonchev–Trinajstić information content (AvgIpc) is 2.71. The van der Waals surface area contributed by atoms with Crippen molar-refractivity contribution in [2.24, 2.45) is 0 Å². The molecule has 0 spiro atoms. The minimum absolute atomic E-state index is 0.721. The SMILES string of the molecule is CCC1CCCN1Cc1cc(Cl)ccc1N. The van der Waals surface area contributed by atoms with Crippen molar-refractivity contribution < 1.29 is 0 Å². The molecule has 1 unspecified atom stereocenters. The van der Waals surface area contributed by atoms with Crippen LogP contribution >= 0.6 is 11.6 Å². The predicted octanol–water partition coefficient (Wildman–Crippen LogP) is 3.30. The second-order valence-corrected chi connectivity index (χ2v) is 4.95. The van der Waals surface area contributed by atoms with Crippen LogP contribution in [0.2, 0.25) is 5.02 Å². The number of rotatable bonds is 3. The van der Waals surface area contributed by atoms with E-state index < -0.39 is 0 Å². The first-order chi connectivity index (χ1) is 7.70. The lowest BCUT2D eigenvalue weighted by molar-refractivity contribution is 0.240. The van der Waals surface area contributed by atoms with Gasteiger partial charge in [0.05, 0.1) is 0 Å². The van der Waals surface area contributed by atoms with Gasteiger partial charge in [-0.25, -0.2) is 0 Å². The normalized spacial score (nSPS) is 21.5. The molecule has 0 bridgehead atoms. The molecule has 1 aliphatic heterocycles. The molecule has 88 valence electrons. The molecule has 2 N–H and O–H groups in total. The molecule has 2 nitrogen and oxygen atoms in total. The fourth-order valence-corrected chi connectivity index (χ4v) is 2.69. The number of hydrogen-bond donors (Lipinski definition) is 1. The van der Waals surface area contributed by atoms with Crippen molar-refractivity contribution in [2.45, 2.75) is 38.8 Å². The zero-order valence-corrected chi connectivity index (χ0v) is 10.5. The Balaban J connectivity index is 2.11. The summed E-state index contributed by atoms with van der Waals surface area (Å²) in [4.78, 5) is 2.52. The Morgan fingerprint density at radius 3 is 3.06 bits per heavy atom. The van der Waals surface area contributed by atoms with Crippen LogP contribution in [0.5, 0.6) is 0 Å². The third kappa shape index (κ3) is 2.50. The maximum atomic E-state index is 6.00. The van der Waals surface area contributed by atoms with E-state index >= 15 is 0 Å². The first-order valence-electron chi connectivity index (χ1n) is 5.98. The van der Waals surface area contributed by atoms with Crippen LogP contribution in [0.3, 0.4) is 0 Å². The molecular formula is C13H19ClN2. The van der Waals surface area contributed by atoms with Crippen molar-refractivity contribution in [3.63, 3.8) is 0 Å². The molecule has 1 heterocycles. The molecule has 1 atom stereocenters. The van der Waals surface area contributed by atoms with Crippen LogP contribution in [-0.4, -0.2) is 17.5 Å². The maximum absolute atomic E-state index is 6.00. The topological polar surface area (TPSA) is 29.3 Å². The second kappa shape index (κ2) is 5.07. The van der Waals surface area contributed by atoms with Gasteiger partial charge in [0.25, 0.3) is 0 Å². The Morgan fingerprint density at radius 1 is 1.50 bits per heavy atom. The van der Waals surface area contributed by atoms with Gasteiger partial charge >= 0.3 is 0 Å². The number of nitrogen functional groups attached to an aromatic ring is 1. The molecule has 0 saturated carbocycles. The van der Waals surface area contributed by atoms with Crippen molar-refractivity contribution in [1.29, 1.82) is 0 Å². The smallest absolute Gasteiger partial charge is 0.0410 e. The van der Waals surface area contributed by atoms with Gasteiger partial charge in [-0.2, -0.15) is 0 Å². The number of nitrogens with two attached hydrogens (primary N) is 1. The first-order valence-corrected chi connectivity index (χ1v) is 6.36. The van der Waals surface area contributed by atoms with Crippen molar-refractivity contribution >= 4 is 17.3 Å². The molecular weight excluding hydrogens is 220 g/mol. The van der Waals surface area contributed by atoms with E-state index in [9.17, 15) is 0 Å². The maximum Gasteiger partial charge on any atom is 0.0410 e. The van der Waals surface area contributed by atoms with E-state index in [1.165, 1.54) is 25.8 Å². The second-order valence-electron chi connectivity index (χ2n) is 4.52. The molecule has 1 aromatic rings. The summed E-state index contributed by atoms with van der Waals surface area (Å²) < 4.78 is 0. The molecule has 1 fully saturated rings. The van der Waals surface area contributed by atoms with Gasteiger partial charge in [0.1, 0.15) is 0 Å². The van der Waals surface area contributed by atoms with Crippen LogP contribution in [-0.2, 0) is 6.54 Å². The summed E-state index contributed by atoms with van der Waals surface area (Å²) in [6.45, 7) is 4.37. The first kappa shape index (κ1) is 11.7. The van der Waals surface area contributed by atoms with Crippen LogP contribution in [0.25, 0.3) is 0 Å². The summed E-state index contributed by atoms with van der Waals surface area (Å²) in [5, 5.41) is 0.774. The Kier molecular flexibility index (Phi) is 3.72. The Hall–Kier alpha value is -0.730. The molecule has 0 amide bonds. The fourth-order valence-electron chi connectivity index (χ4n) is 2.50. The summed E-state index contributed by atoms with van der Waals surface area (Å²) in [6.07, 6.45) is 3.84. The van der Waals surface area contributed by atoms with Crippen LogP contribution < -0.4 is 5.73 Å². The van der Waals surface area contributed by atoms with E-state index in [1.54, 1.807) is 0 Å². The number of halogens is 1. The number of likely N-dealkylation sites (tertiary alicyclic amines) is 1. The van der Waals surface area contributed by atoms with Gasteiger partial charge in [-0.05, 0) is 49.6 Å². The lowest BCUT2D eigenvalue weighted by Gasteiger charge is -2.24.